The van der Waals surface area contributed by atoms with Crippen LogP contribution in [0.25, 0.3) is 11.3 Å². The molecule has 3 aromatic rings. The van der Waals surface area contributed by atoms with Crippen LogP contribution < -0.4 is 14.8 Å². The van der Waals surface area contributed by atoms with Gasteiger partial charge in [0.25, 0.3) is 0 Å². The third-order valence-electron chi connectivity index (χ3n) is 4.86. The Bertz CT molecular complexity index is 1100. The molecule has 1 aromatic heterocycles. The van der Waals surface area contributed by atoms with Crippen molar-refractivity contribution in [3.63, 3.8) is 0 Å². The summed E-state index contributed by atoms with van der Waals surface area (Å²) in [7, 11) is 0. The monoisotopic (exact) mass is 536 g/mol. The van der Waals surface area contributed by atoms with E-state index in [-0.39, 0.29) is 5.91 Å². The van der Waals surface area contributed by atoms with Crippen molar-refractivity contribution in [3.8, 4) is 22.8 Å². The topological polar surface area (TPSA) is 60.5 Å². The predicted molar refractivity (Wildman–Crippen MR) is 135 cm³/mol. The van der Waals surface area contributed by atoms with Gasteiger partial charge in [-0.2, -0.15) is 0 Å². The van der Waals surface area contributed by atoms with Gasteiger partial charge in [0, 0.05) is 21.9 Å². The molecular formula is C24H26BrClN2O3S. The molecule has 0 spiro atoms. The predicted octanol–water partition coefficient (Wildman–Crippen LogP) is 7.35. The molecule has 170 valence electrons. The Morgan fingerprint density at radius 3 is 2.59 bits per heavy atom. The Hall–Kier alpha value is -2.09. The lowest BCUT2D eigenvalue weighted by Gasteiger charge is -2.13. The first-order valence-electron chi connectivity index (χ1n) is 10.4. The van der Waals surface area contributed by atoms with Gasteiger partial charge in [0.2, 0.25) is 5.91 Å². The molecule has 8 heteroatoms. The number of carbonyl (C=O) groups excluding carboxylic acids is 1. The van der Waals surface area contributed by atoms with Crippen LogP contribution in [0.15, 0.2) is 34.8 Å². The van der Waals surface area contributed by atoms with Crippen LogP contribution >= 0.6 is 38.9 Å². The molecule has 2 aromatic carbocycles. The van der Waals surface area contributed by atoms with Crippen molar-refractivity contribution in [1.29, 1.82) is 0 Å². The minimum atomic E-state index is -0.0804. The maximum absolute atomic E-state index is 12.4. The fraction of sp³-hybridized carbons (Fsp3) is 0.333. The van der Waals surface area contributed by atoms with Gasteiger partial charge in [-0.15, -0.1) is 11.3 Å². The number of nitrogens with zero attached hydrogens (tertiary/aromatic N) is 1. The van der Waals surface area contributed by atoms with Crippen LogP contribution in [0.1, 0.15) is 35.8 Å². The average molecular weight is 538 g/mol. The van der Waals surface area contributed by atoms with E-state index in [0.717, 1.165) is 48.3 Å². The summed E-state index contributed by atoms with van der Waals surface area (Å²) in [5.74, 6) is 1.49. The van der Waals surface area contributed by atoms with Gasteiger partial charge >= 0.3 is 0 Å². The molecule has 5 nitrogen and oxygen atoms in total. The summed E-state index contributed by atoms with van der Waals surface area (Å²) in [5.41, 5.74) is 3.77. The maximum Gasteiger partial charge on any atom is 0.226 e. The summed E-state index contributed by atoms with van der Waals surface area (Å²) in [5, 5.41) is 4.23. The highest BCUT2D eigenvalue weighted by Crippen LogP contribution is 2.36. The van der Waals surface area contributed by atoms with Crippen molar-refractivity contribution >= 4 is 49.9 Å². The Labute approximate surface area is 206 Å². The molecule has 32 heavy (non-hydrogen) atoms. The molecular weight excluding hydrogens is 512 g/mol. The van der Waals surface area contributed by atoms with E-state index in [4.69, 9.17) is 21.1 Å². The van der Waals surface area contributed by atoms with E-state index in [9.17, 15) is 4.79 Å². The number of anilines is 1. The van der Waals surface area contributed by atoms with E-state index in [1.165, 1.54) is 11.3 Å². The normalized spacial score (nSPS) is 10.8. The van der Waals surface area contributed by atoms with Gasteiger partial charge < -0.3 is 14.8 Å². The summed E-state index contributed by atoms with van der Waals surface area (Å²) in [6.07, 6.45) is 0.940. The summed E-state index contributed by atoms with van der Waals surface area (Å²) in [4.78, 5) is 18.0. The standard InChI is InChI=1S/C24H26BrClN2O3S/c1-5-30-18-10-8-17(9-11-18)23-16(4)32-24(28-23)27-20(29)7-6-12-31-19-13-14(2)22(26)15(3)21(19)25/h8-11,13H,5-7,12H2,1-4H3,(H,27,28,29). The molecule has 1 heterocycles. The molecule has 0 aliphatic heterocycles. The molecule has 0 unspecified atom stereocenters. The fourth-order valence-electron chi connectivity index (χ4n) is 3.20. The van der Waals surface area contributed by atoms with Crippen LogP contribution in [0.3, 0.4) is 0 Å². The molecule has 0 saturated heterocycles. The second-order valence-corrected chi connectivity index (χ2v) is 9.70. The number of hydrogen-bond acceptors (Lipinski definition) is 5. The Morgan fingerprint density at radius 2 is 1.91 bits per heavy atom. The zero-order chi connectivity index (χ0) is 23.3. The summed E-state index contributed by atoms with van der Waals surface area (Å²) in [6.45, 7) is 8.91. The van der Waals surface area contributed by atoms with E-state index >= 15 is 0 Å². The number of aryl methyl sites for hydroxylation is 2. The quantitative estimate of drug-likeness (QED) is 0.290. The van der Waals surface area contributed by atoms with Crippen molar-refractivity contribution in [3.05, 3.63) is 55.8 Å². The summed E-state index contributed by atoms with van der Waals surface area (Å²) < 4.78 is 12.2. The van der Waals surface area contributed by atoms with Gasteiger partial charge in [0.1, 0.15) is 11.5 Å². The summed E-state index contributed by atoms with van der Waals surface area (Å²) >= 11 is 11.3. The van der Waals surface area contributed by atoms with Gasteiger partial charge in [-0.1, -0.05) is 11.6 Å². The molecule has 1 N–H and O–H groups in total. The van der Waals surface area contributed by atoms with Crippen molar-refractivity contribution in [2.75, 3.05) is 18.5 Å². The number of hydrogen-bond donors (Lipinski definition) is 1. The zero-order valence-corrected chi connectivity index (χ0v) is 21.7. The molecule has 0 fully saturated rings. The van der Waals surface area contributed by atoms with Crippen LogP contribution in [0.4, 0.5) is 5.13 Å². The lowest BCUT2D eigenvalue weighted by Crippen LogP contribution is -2.12. The van der Waals surface area contributed by atoms with Gasteiger partial charge in [0.15, 0.2) is 5.13 Å². The SMILES string of the molecule is CCOc1ccc(-c2nc(NC(=O)CCCOc3cc(C)c(Cl)c(C)c3Br)sc2C)cc1. The fourth-order valence-corrected chi connectivity index (χ4v) is 4.74. The second-order valence-electron chi connectivity index (χ2n) is 7.33. The molecule has 3 rings (SSSR count). The minimum Gasteiger partial charge on any atom is -0.494 e. The number of carbonyl (C=O) groups is 1. The maximum atomic E-state index is 12.4. The number of aromatic nitrogens is 1. The van der Waals surface area contributed by atoms with Gasteiger partial charge in [-0.05, 0) is 91.5 Å². The lowest BCUT2D eigenvalue weighted by molar-refractivity contribution is -0.116. The Balaban J connectivity index is 1.52. The molecule has 0 atom stereocenters. The number of halogens is 2. The van der Waals surface area contributed by atoms with Crippen molar-refractivity contribution in [2.45, 2.75) is 40.5 Å². The largest absolute Gasteiger partial charge is 0.494 e. The smallest absolute Gasteiger partial charge is 0.226 e. The van der Waals surface area contributed by atoms with E-state index in [1.54, 1.807) is 0 Å². The molecule has 0 bridgehead atoms. The number of rotatable bonds is 9. The number of ether oxygens (including phenoxy) is 2. The number of amides is 1. The summed E-state index contributed by atoms with van der Waals surface area (Å²) in [6, 6.07) is 9.72. The van der Waals surface area contributed by atoms with Crippen LogP contribution in [0, 0.1) is 20.8 Å². The number of thiazole rings is 1. The van der Waals surface area contributed by atoms with E-state index in [2.05, 4.69) is 26.2 Å². The van der Waals surface area contributed by atoms with E-state index < -0.39 is 0 Å². The van der Waals surface area contributed by atoms with E-state index in [1.807, 2.05) is 58.0 Å². The van der Waals surface area contributed by atoms with Crippen LogP contribution in [0.2, 0.25) is 5.02 Å². The zero-order valence-electron chi connectivity index (χ0n) is 18.6. The second kappa shape index (κ2) is 11.2. The lowest BCUT2D eigenvalue weighted by atomic mass is 10.1. The molecule has 0 aliphatic rings. The van der Waals surface area contributed by atoms with Crippen LogP contribution in [0.5, 0.6) is 11.5 Å². The Kier molecular flexibility index (Phi) is 8.57. The molecule has 0 saturated carbocycles. The number of nitrogens with one attached hydrogen (secondary N) is 1. The van der Waals surface area contributed by atoms with E-state index in [0.29, 0.717) is 31.2 Å². The molecule has 1 amide bonds. The van der Waals surface area contributed by atoms with Crippen molar-refractivity contribution in [2.24, 2.45) is 0 Å². The van der Waals surface area contributed by atoms with Crippen molar-refractivity contribution in [1.82, 2.24) is 4.98 Å². The van der Waals surface area contributed by atoms with Crippen LogP contribution in [-0.4, -0.2) is 24.1 Å². The first kappa shape index (κ1) is 24.6. The third kappa shape index (κ3) is 6.03. The first-order valence-corrected chi connectivity index (χ1v) is 12.4. The molecule has 0 radical (unpaired) electrons. The van der Waals surface area contributed by atoms with Crippen molar-refractivity contribution < 1.29 is 14.3 Å². The first-order chi connectivity index (χ1) is 15.3. The Morgan fingerprint density at radius 1 is 1.19 bits per heavy atom. The van der Waals surface area contributed by atoms with Gasteiger partial charge in [0.05, 0.1) is 23.4 Å². The third-order valence-corrected chi connectivity index (χ3v) is 7.31. The highest BCUT2D eigenvalue weighted by Gasteiger charge is 2.14. The van der Waals surface area contributed by atoms with Gasteiger partial charge in [-0.25, -0.2) is 4.98 Å². The highest BCUT2D eigenvalue weighted by molar-refractivity contribution is 9.10. The molecule has 0 aliphatic carbocycles. The van der Waals surface area contributed by atoms with Crippen LogP contribution in [-0.2, 0) is 4.79 Å². The highest BCUT2D eigenvalue weighted by atomic mass is 79.9. The average Bonchev–Trinajstić information content (AvgIpc) is 3.13. The minimum absolute atomic E-state index is 0.0804. The van der Waals surface area contributed by atoms with Gasteiger partial charge in [-0.3, -0.25) is 4.79 Å². The number of benzene rings is 2.